The number of amides is 1. The van der Waals surface area contributed by atoms with Crippen molar-refractivity contribution < 1.29 is 13.9 Å². The van der Waals surface area contributed by atoms with Gasteiger partial charge in [-0.2, -0.15) is 0 Å². The lowest BCUT2D eigenvalue weighted by Gasteiger charge is -2.23. The topological polar surface area (TPSA) is 41.6 Å². The first-order valence-corrected chi connectivity index (χ1v) is 9.99. The Labute approximate surface area is 170 Å². The number of carbonyl (C=O) groups is 1. The van der Waals surface area contributed by atoms with Crippen molar-refractivity contribution in [1.82, 2.24) is 0 Å². The fourth-order valence-electron chi connectivity index (χ4n) is 3.88. The van der Waals surface area contributed by atoms with Crippen LogP contribution in [0.25, 0.3) is 10.8 Å². The Kier molecular flexibility index (Phi) is 5.38. The lowest BCUT2D eigenvalue weighted by molar-refractivity contribution is -0.117. The quantitative estimate of drug-likeness (QED) is 0.638. The van der Waals surface area contributed by atoms with Gasteiger partial charge in [0, 0.05) is 13.1 Å². The number of carbonyl (C=O) groups excluding carboxylic acids is 1. The van der Waals surface area contributed by atoms with E-state index in [1.807, 2.05) is 49.4 Å². The Morgan fingerprint density at radius 2 is 1.79 bits per heavy atom. The van der Waals surface area contributed by atoms with Crippen LogP contribution in [0, 0.1) is 5.82 Å². The van der Waals surface area contributed by atoms with Crippen LogP contribution in [0.3, 0.4) is 0 Å². The zero-order valence-corrected chi connectivity index (χ0v) is 16.7. The number of hydrogen-bond donors (Lipinski definition) is 1. The summed E-state index contributed by atoms with van der Waals surface area (Å²) in [6.07, 6.45) is 2.17. The van der Waals surface area contributed by atoms with Gasteiger partial charge in [0.05, 0.1) is 18.7 Å². The number of ether oxygens (including phenoxy) is 1. The maximum absolute atomic E-state index is 14.6. The van der Waals surface area contributed by atoms with Crippen molar-refractivity contribution in [1.29, 1.82) is 0 Å². The summed E-state index contributed by atoms with van der Waals surface area (Å²) >= 11 is 0. The highest BCUT2D eigenvalue weighted by Crippen LogP contribution is 2.32. The molecule has 150 valence electrons. The van der Waals surface area contributed by atoms with E-state index < -0.39 is 11.7 Å². The van der Waals surface area contributed by atoms with Gasteiger partial charge >= 0.3 is 0 Å². The van der Waals surface area contributed by atoms with Crippen LogP contribution in [-0.4, -0.2) is 26.1 Å². The predicted molar refractivity (Wildman–Crippen MR) is 115 cm³/mol. The maximum Gasteiger partial charge on any atom is 0.231 e. The number of para-hydroxylation sites is 1. The molecule has 0 radical (unpaired) electrons. The third-order valence-electron chi connectivity index (χ3n) is 5.65. The molecule has 3 aromatic rings. The van der Waals surface area contributed by atoms with Crippen LogP contribution in [0.2, 0.25) is 0 Å². The lowest BCUT2D eigenvalue weighted by Crippen LogP contribution is -2.24. The molecular weight excluding hydrogens is 367 g/mol. The number of nitrogens with zero attached hydrogens (tertiary/aromatic N) is 1. The summed E-state index contributed by atoms with van der Waals surface area (Å²) in [5.74, 6) is -0.235. The lowest BCUT2D eigenvalue weighted by atomic mass is 9.97. The minimum Gasteiger partial charge on any atom is -0.497 e. The number of fused-ring (bicyclic) bond motifs is 1. The molecule has 0 spiro atoms. The van der Waals surface area contributed by atoms with E-state index in [-0.39, 0.29) is 11.6 Å². The van der Waals surface area contributed by atoms with E-state index in [0.717, 1.165) is 53.7 Å². The van der Waals surface area contributed by atoms with Crippen LogP contribution in [0.5, 0.6) is 5.75 Å². The van der Waals surface area contributed by atoms with Gasteiger partial charge < -0.3 is 15.0 Å². The molecule has 0 aliphatic carbocycles. The highest BCUT2D eigenvalue weighted by Gasteiger charge is 2.22. The largest absolute Gasteiger partial charge is 0.497 e. The number of halogens is 1. The van der Waals surface area contributed by atoms with E-state index in [1.54, 1.807) is 13.2 Å². The van der Waals surface area contributed by atoms with Crippen LogP contribution in [0.15, 0.2) is 54.6 Å². The molecule has 0 unspecified atom stereocenters. The molecule has 5 heteroatoms. The van der Waals surface area contributed by atoms with Gasteiger partial charge in [-0.3, -0.25) is 4.79 Å². The van der Waals surface area contributed by atoms with Gasteiger partial charge in [0.1, 0.15) is 17.3 Å². The second kappa shape index (κ2) is 8.11. The number of anilines is 2. The fourth-order valence-corrected chi connectivity index (χ4v) is 3.88. The first-order chi connectivity index (χ1) is 14.1. The van der Waals surface area contributed by atoms with Gasteiger partial charge in [-0.15, -0.1) is 0 Å². The SMILES string of the molecule is COc1ccc2cc([C@H](C)C(=O)Nc3c(F)cccc3N3CCCC3)ccc2c1. The van der Waals surface area contributed by atoms with Gasteiger partial charge in [0.25, 0.3) is 0 Å². The molecule has 1 N–H and O–H groups in total. The van der Waals surface area contributed by atoms with Crippen molar-refractivity contribution in [3.8, 4) is 5.75 Å². The summed E-state index contributed by atoms with van der Waals surface area (Å²) in [7, 11) is 1.64. The molecule has 0 aromatic heterocycles. The van der Waals surface area contributed by atoms with E-state index in [0.29, 0.717) is 0 Å². The Morgan fingerprint density at radius 1 is 1.07 bits per heavy atom. The summed E-state index contributed by atoms with van der Waals surface area (Å²) in [5, 5.41) is 4.93. The standard InChI is InChI=1S/C24H25FN2O2/c1-16(17-8-9-19-15-20(29-2)11-10-18(19)14-17)24(28)26-23-21(25)6-5-7-22(23)27-12-3-4-13-27/h5-11,14-16H,3-4,12-13H2,1-2H3,(H,26,28)/t16-/m0/s1. The molecule has 3 aromatic carbocycles. The van der Waals surface area contributed by atoms with Crippen LogP contribution in [-0.2, 0) is 4.79 Å². The highest BCUT2D eigenvalue weighted by molar-refractivity contribution is 5.99. The van der Waals surface area contributed by atoms with E-state index in [4.69, 9.17) is 4.74 Å². The molecule has 1 aliphatic rings. The highest BCUT2D eigenvalue weighted by atomic mass is 19.1. The molecule has 29 heavy (non-hydrogen) atoms. The molecular formula is C24H25FN2O2. The molecule has 4 rings (SSSR count). The Morgan fingerprint density at radius 3 is 2.55 bits per heavy atom. The molecule has 0 saturated carbocycles. The normalized spacial score (nSPS) is 14.8. The van der Waals surface area contributed by atoms with E-state index in [9.17, 15) is 9.18 Å². The Hall–Kier alpha value is -3.08. The molecule has 1 heterocycles. The fraction of sp³-hybridized carbons (Fsp3) is 0.292. The van der Waals surface area contributed by atoms with Gasteiger partial charge in [-0.1, -0.05) is 30.3 Å². The Balaban J connectivity index is 1.58. The summed E-state index contributed by atoms with van der Waals surface area (Å²) in [6.45, 7) is 3.61. The number of nitrogens with one attached hydrogen (secondary N) is 1. The minimum atomic E-state index is -0.410. The summed E-state index contributed by atoms with van der Waals surface area (Å²) < 4.78 is 19.8. The molecule has 0 bridgehead atoms. The van der Waals surface area contributed by atoms with Crippen LogP contribution < -0.4 is 15.0 Å². The third kappa shape index (κ3) is 3.90. The number of rotatable bonds is 5. The summed E-state index contributed by atoms with van der Waals surface area (Å²) in [4.78, 5) is 15.1. The van der Waals surface area contributed by atoms with Gasteiger partial charge in [-0.05, 0) is 60.4 Å². The smallest absolute Gasteiger partial charge is 0.231 e. The number of benzene rings is 3. The summed E-state index contributed by atoms with van der Waals surface area (Å²) in [6, 6.07) is 16.7. The first-order valence-electron chi connectivity index (χ1n) is 9.99. The molecule has 1 fully saturated rings. The zero-order chi connectivity index (χ0) is 20.4. The van der Waals surface area contributed by atoms with Gasteiger partial charge in [0.2, 0.25) is 5.91 Å². The number of hydrogen-bond acceptors (Lipinski definition) is 3. The van der Waals surface area contributed by atoms with Crippen molar-refractivity contribution in [2.24, 2.45) is 0 Å². The second-order valence-electron chi connectivity index (χ2n) is 7.51. The van der Waals surface area contributed by atoms with Crippen LogP contribution >= 0.6 is 0 Å². The summed E-state index contributed by atoms with van der Waals surface area (Å²) in [5.41, 5.74) is 1.92. The van der Waals surface area contributed by atoms with E-state index in [2.05, 4.69) is 10.2 Å². The molecule has 1 amide bonds. The zero-order valence-electron chi connectivity index (χ0n) is 16.7. The second-order valence-corrected chi connectivity index (χ2v) is 7.51. The molecule has 1 atom stereocenters. The van der Waals surface area contributed by atoms with E-state index >= 15 is 0 Å². The van der Waals surface area contributed by atoms with Crippen molar-refractivity contribution in [3.05, 3.63) is 66.0 Å². The van der Waals surface area contributed by atoms with Crippen LogP contribution in [0.1, 0.15) is 31.2 Å². The van der Waals surface area contributed by atoms with Crippen molar-refractivity contribution in [2.75, 3.05) is 30.4 Å². The monoisotopic (exact) mass is 392 g/mol. The van der Waals surface area contributed by atoms with Crippen molar-refractivity contribution in [3.63, 3.8) is 0 Å². The average Bonchev–Trinajstić information content (AvgIpc) is 3.28. The minimum absolute atomic E-state index is 0.219. The number of methoxy groups -OCH3 is 1. The average molecular weight is 392 g/mol. The van der Waals surface area contributed by atoms with Crippen molar-refractivity contribution >= 4 is 28.1 Å². The van der Waals surface area contributed by atoms with E-state index in [1.165, 1.54) is 6.07 Å². The molecule has 1 saturated heterocycles. The van der Waals surface area contributed by atoms with Crippen LogP contribution in [0.4, 0.5) is 15.8 Å². The van der Waals surface area contributed by atoms with Gasteiger partial charge in [-0.25, -0.2) is 4.39 Å². The Bertz CT molecular complexity index is 1040. The predicted octanol–water partition coefficient (Wildman–Crippen LogP) is 5.33. The first kappa shape index (κ1) is 19.2. The van der Waals surface area contributed by atoms with Gasteiger partial charge in [0.15, 0.2) is 0 Å². The van der Waals surface area contributed by atoms with Crippen molar-refractivity contribution in [2.45, 2.75) is 25.7 Å². The molecule has 4 nitrogen and oxygen atoms in total. The third-order valence-corrected chi connectivity index (χ3v) is 5.65. The molecule has 1 aliphatic heterocycles. The maximum atomic E-state index is 14.6.